The number of nitro benzene ring substituents is 1. The number of aryl methyl sites for hydroxylation is 1. The quantitative estimate of drug-likeness (QED) is 0.645. The van der Waals surface area contributed by atoms with Crippen molar-refractivity contribution in [1.82, 2.24) is 0 Å². The molecule has 0 heterocycles. The van der Waals surface area contributed by atoms with E-state index in [4.69, 9.17) is 0 Å². The summed E-state index contributed by atoms with van der Waals surface area (Å²) in [5, 5.41) is 13.4. The second-order valence-corrected chi connectivity index (χ2v) is 4.42. The summed E-state index contributed by atoms with van der Waals surface area (Å²) in [6.45, 7) is 5.61. The molecule has 0 saturated heterocycles. The Bertz CT molecular complexity index is 441. The number of anilines is 1. The molecule has 92 valence electrons. The van der Waals surface area contributed by atoms with Crippen LogP contribution in [0.5, 0.6) is 0 Å². The fourth-order valence-electron chi connectivity index (χ4n) is 1.47. The molecule has 1 aromatic rings. The van der Waals surface area contributed by atoms with Crippen molar-refractivity contribution < 1.29 is 9.72 Å². The summed E-state index contributed by atoms with van der Waals surface area (Å²) >= 11 is 0. The highest BCUT2D eigenvalue weighted by Gasteiger charge is 2.16. The number of benzene rings is 1. The van der Waals surface area contributed by atoms with Crippen LogP contribution in [0.3, 0.4) is 0 Å². The van der Waals surface area contributed by atoms with Crippen LogP contribution < -0.4 is 5.32 Å². The SMILES string of the molecule is Cc1ccc(NC(=O)CC(C)C)c([N+](=O)[O-])c1. The van der Waals surface area contributed by atoms with Gasteiger partial charge in [-0.2, -0.15) is 0 Å². The molecule has 0 bridgehead atoms. The van der Waals surface area contributed by atoms with E-state index in [1.807, 2.05) is 13.8 Å². The first-order valence-corrected chi connectivity index (χ1v) is 5.45. The number of rotatable bonds is 4. The fraction of sp³-hybridized carbons (Fsp3) is 0.417. The Labute approximate surface area is 100.0 Å². The van der Waals surface area contributed by atoms with Gasteiger partial charge in [0.05, 0.1) is 4.92 Å². The van der Waals surface area contributed by atoms with Crippen LogP contribution in [0.4, 0.5) is 11.4 Å². The Hall–Kier alpha value is -1.91. The van der Waals surface area contributed by atoms with Crippen molar-refractivity contribution in [2.24, 2.45) is 5.92 Å². The lowest BCUT2D eigenvalue weighted by molar-refractivity contribution is -0.384. The Morgan fingerprint density at radius 3 is 2.65 bits per heavy atom. The Balaban J connectivity index is 2.91. The van der Waals surface area contributed by atoms with E-state index in [2.05, 4.69) is 5.32 Å². The molecule has 0 aromatic heterocycles. The number of nitro groups is 1. The highest BCUT2D eigenvalue weighted by atomic mass is 16.6. The smallest absolute Gasteiger partial charge is 0.293 e. The summed E-state index contributed by atoms with van der Waals surface area (Å²) in [5.74, 6) is 0.0199. The number of amides is 1. The molecule has 0 aliphatic rings. The molecular weight excluding hydrogens is 220 g/mol. The normalized spacial score (nSPS) is 10.4. The predicted molar refractivity (Wildman–Crippen MR) is 65.9 cm³/mol. The van der Waals surface area contributed by atoms with E-state index in [-0.39, 0.29) is 23.2 Å². The standard InChI is InChI=1S/C12H16N2O3/c1-8(2)6-12(15)13-10-5-4-9(3)7-11(10)14(16)17/h4-5,7-8H,6H2,1-3H3,(H,13,15). The second kappa shape index (κ2) is 5.43. The molecule has 0 radical (unpaired) electrons. The number of carbonyl (C=O) groups excluding carboxylic acids is 1. The Morgan fingerprint density at radius 2 is 2.12 bits per heavy atom. The summed E-state index contributed by atoms with van der Waals surface area (Å²) in [4.78, 5) is 21.9. The lowest BCUT2D eigenvalue weighted by Gasteiger charge is -2.08. The van der Waals surface area contributed by atoms with E-state index < -0.39 is 4.92 Å². The van der Waals surface area contributed by atoms with Gasteiger partial charge in [-0.3, -0.25) is 14.9 Å². The highest BCUT2D eigenvalue weighted by molar-refractivity contribution is 5.93. The van der Waals surface area contributed by atoms with Crippen molar-refractivity contribution in [1.29, 1.82) is 0 Å². The number of nitrogens with one attached hydrogen (secondary N) is 1. The summed E-state index contributed by atoms with van der Waals surface area (Å²) in [6.07, 6.45) is 0.352. The maximum Gasteiger partial charge on any atom is 0.293 e. The molecule has 1 aromatic carbocycles. The summed E-state index contributed by atoms with van der Waals surface area (Å²) < 4.78 is 0. The average molecular weight is 236 g/mol. The first-order valence-electron chi connectivity index (χ1n) is 5.45. The van der Waals surface area contributed by atoms with Gasteiger partial charge in [0.1, 0.15) is 5.69 Å². The summed E-state index contributed by atoms with van der Waals surface area (Å²) in [7, 11) is 0. The van der Waals surface area contributed by atoms with Crippen LogP contribution >= 0.6 is 0 Å². The molecule has 1 rings (SSSR count). The average Bonchev–Trinajstić information content (AvgIpc) is 2.19. The van der Waals surface area contributed by atoms with Gasteiger partial charge in [0.2, 0.25) is 5.91 Å². The van der Waals surface area contributed by atoms with Crippen molar-refractivity contribution in [2.45, 2.75) is 27.2 Å². The van der Waals surface area contributed by atoms with Gasteiger partial charge in [-0.25, -0.2) is 0 Å². The lowest BCUT2D eigenvalue weighted by atomic mass is 10.1. The highest BCUT2D eigenvalue weighted by Crippen LogP contribution is 2.25. The molecule has 1 N–H and O–H groups in total. The van der Waals surface area contributed by atoms with Crippen molar-refractivity contribution >= 4 is 17.3 Å². The third kappa shape index (κ3) is 3.86. The molecule has 5 nitrogen and oxygen atoms in total. The van der Waals surface area contributed by atoms with Gasteiger partial charge in [-0.1, -0.05) is 19.9 Å². The molecule has 0 fully saturated rings. The number of hydrogen-bond acceptors (Lipinski definition) is 3. The van der Waals surface area contributed by atoms with Crippen molar-refractivity contribution in [2.75, 3.05) is 5.32 Å². The predicted octanol–water partition coefficient (Wildman–Crippen LogP) is 2.89. The van der Waals surface area contributed by atoms with Crippen molar-refractivity contribution in [3.63, 3.8) is 0 Å². The van der Waals surface area contributed by atoms with E-state index in [1.165, 1.54) is 6.07 Å². The van der Waals surface area contributed by atoms with E-state index in [0.29, 0.717) is 6.42 Å². The molecule has 0 aliphatic heterocycles. The van der Waals surface area contributed by atoms with E-state index in [1.54, 1.807) is 19.1 Å². The molecule has 0 spiro atoms. The molecular formula is C12H16N2O3. The van der Waals surface area contributed by atoms with Gasteiger partial charge in [0, 0.05) is 12.5 Å². The van der Waals surface area contributed by atoms with Gasteiger partial charge in [-0.15, -0.1) is 0 Å². The monoisotopic (exact) mass is 236 g/mol. The van der Waals surface area contributed by atoms with E-state index in [9.17, 15) is 14.9 Å². The molecule has 0 unspecified atom stereocenters. The number of nitrogens with zero attached hydrogens (tertiary/aromatic N) is 1. The molecule has 0 atom stereocenters. The Morgan fingerprint density at radius 1 is 1.47 bits per heavy atom. The van der Waals surface area contributed by atoms with Crippen LogP contribution in [-0.2, 0) is 4.79 Å². The van der Waals surface area contributed by atoms with Crippen LogP contribution in [-0.4, -0.2) is 10.8 Å². The minimum Gasteiger partial charge on any atom is -0.320 e. The Kier molecular flexibility index (Phi) is 4.20. The van der Waals surface area contributed by atoms with E-state index in [0.717, 1.165) is 5.56 Å². The fourth-order valence-corrected chi connectivity index (χ4v) is 1.47. The molecule has 17 heavy (non-hydrogen) atoms. The topological polar surface area (TPSA) is 72.2 Å². The van der Waals surface area contributed by atoms with Crippen LogP contribution in [0.1, 0.15) is 25.8 Å². The maximum atomic E-state index is 11.5. The number of carbonyl (C=O) groups is 1. The lowest BCUT2D eigenvalue weighted by Crippen LogP contribution is -2.14. The zero-order chi connectivity index (χ0) is 13.0. The van der Waals surface area contributed by atoms with Crippen LogP contribution in [0.15, 0.2) is 18.2 Å². The van der Waals surface area contributed by atoms with E-state index >= 15 is 0 Å². The first kappa shape index (κ1) is 13.2. The molecule has 5 heteroatoms. The van der Waals surface area contributed by atoms with Gasteiger partial charge in [0.25, 0.3) is 5.69 Å². The minimum absolute atomic E-state index is 0.0675. The zero-order valence-electron chi connectivity index (χ0n) is 10.2. The number of hydrogen-bond donors (Lipinski definition) is 1. The second-order valence-electron chi connectivity index (χ2n) is 4.42. The van der Waals surface area contributed by atoms with Crippen molar-refractivity contribution in [3.05, 3.63) is 33.9 Å². The first-order chi connectivity index (χ1) is 7.90. The van der Waals surface area contributed by atoms with Crippen LogP contribution in [0.2, 0.25) is 0 Å². The minimum atomic E-state index is -0.488. The van der Waals surface area contributed by atoms with Crippen LogP contribution in [0, 0.1) is 23.0 Å². The van der Waals surface area contributed by atoms with Crippen molar-refractivity contribution in [3.8, 4) is 0 Å². The zero-order valence-corrected chi connectivity index (χ0v) is 10.2. The van der Waals surface area contributed by atoms with Gasteiger partial charge >= 0.3 is 0 Å². The largest absolute Gasteiger partial charge is 0.320 e. The molecule has 0 aliphatic carbocycles. The van der Waals surface area contributed by atoms with Gasteiger partial charge in [0.15, 0.2) is 0 Å². The molecule has 1 amide bonds. The third-order valence-electron chi connectivity index (χ3n) is 2.22. The van der Waals surface area contributed by atoms with Gasteiger partial charge in [-0.05, 0) is 24.5 Å². The summed E-state index contributed by atoms with van der Waals surface area (Å²) in [6, 6.07) is 4.74. The molecule has 0 saturated carbocycles. The maximum absolute atomic E-state index is 11.5. The summed E-state index contributed by atoms with van der Waals surface area (Å²) in [5.41, 5.74) is 0.979. The third-order valence-corrected chi connectivity index (χ3v) is 2.22. The van der Waals surface area contributed by atoms with Crippen LogP contribution in [0.25, 0.3) is 0 Å². The van der Waals surface area contributed by atoms with Gasteiger partial charge < -0.3 is 5.32 Å².